The zero-order valence-corrected chi connectivity index (χ0v) is 15.3. The van der Waals surface area contributed by atoms with E-state index in [-0.39, 0.29) is 0 Å². The second-order valence-electron chi connectivity index (χ2n) is 6.78. The Morgan fingerprint density at radius 1 is 0.500 bits per heavy atom. The first-order valence-electron chi connectivity index (χ1n) is 9.33. The fraction of sp³-hybridized carbons (Fsp3) is 0. The number of benzene rings is 3. The van der Waals surface area contributed by atoms with Crippen LogP contribution in [0, 0.1) is 0 Å². The summed E-state index contributed by atoms with van der Waals surface area (Å²) in [6.45, 7) is 0. The smallest absolute Gasteiger partial charge is 0.0708 e. The fourth-order valence-corrected chi connectivity index (χ4v) is 3.58. The number of nitrogens with zero attached hydrogens (tertiary/aromatic N) is 2. The normalized spacial score (nSPS) is 10.9. The second kappa shape index (κ2) is 7.09. The molecule has 0 unspecified atom stereocenters. The Labute approximate surface area is 164 Å². The van der Waals surface area contributed by atoms with Gasteiger partial charge in [-0.1, -0.05) is 72.8 Å². The average molecular weight is 358 g/mol. The Balaban J connectivity index is 1.62. The van der Waals surface area contributed by atoms with Gasteiger partial charge in [0.1, 0.15) is 0 Å². The van der Waals surface area contributed by atoms with Crippen LogP contribution in [0.15, 0.2) is 110 Å². The third kappa shape index (κ3) is 3.06. The third-order valence-corrected chi connectivity index (χ3v) is 5.01. The van der Waals surface area contributed by atoms with E-state index in [2.05, 4.69) is 88.8 Å². The molecule has 0 atom stereocenters. The largest absolute Gasteiger partial charge is 0.264 e. The van der Waals surface area contributed by atoms with Gasteiger partial charge in [-0.25, -0.2) is 0 Å². The molecular weight excluding hydrogens is 340 g/mol. The predicted octanol–water partition coefficient (Wildman–Crippen LogP) is 6.63. The van der Waals surface area contributed by atoms with Crippen molar-refractivity contribution in [1.82, 2.24) is 9.97 Å². The van der Waals surface area contributed by atoms with Crippen LogP contribution in [-0.4, -0.2) is 9.97 Å². The molecule has 0 aliphatic rings. The van der Waals surface area contributed by atoms with Crippen LogP contribution in [0.5, 0.6) is 0 Å². The zero-order chi connectivity index (χ0) is 18.8. The molecule has 132 valence electrons. The monoisotopic (exact) mass is 358 g/mol. The van der Waals surface area contributed by atoms with E-state index in [0.717, 1.165) is 27.8 Å². The summed E-state index contributed by atoms with van der Waals surface area (Å²) in [5.74, 6) is 0. The minimum absolute atomic E-state index is 0.978. The Hall–Kier alpha value is -3.78. The Morgan fingerprint density at radius 3 is 2.14 bits per heavy atom. The standard InChI is InChI=1S/C26H18N2/c1-2-7-19(8-3-1)24-13-14-27-18-25(24)21-11-6-12-22(15-21)26-16-20-9-4-5-10-23(20)17-28-26/h1-18H. The number of rotatable bonds is 3. The summed E-state index contributed by atoms with van der Waals surface area (Å²) in [5, 5.41) is 2.35. The van der Waals surface area contributed by atoms with Gasteiger partial charge in [0.05, 0.1) is 5.69 Å². The number of pyridine rings is 2. The molecule has 0 amide bonds. The van der Waals surface area contributed by atoms with Gasteiger partial charge in [0.15, 0.2) is 0 Å². The van der Waals surface area contributed by atoms with Gasteiger partial charge in [-0.15, -0.1) is 0 Å². The molecule has 2 nitrogen and oxygen atoms in total. The summed E-state index contributed by atoms with van der Waals surface area (Å²) >= 11 is 0. The van der Waals surface area contributed by atoms with Gasteiger partial charge in [-0.05, 0) is 40.3 Å². The molecule has 0 saturated carbocycles. The first-order chi connectivity index (χ1) is 13.9. The van der Waals surface area contributed by atoms with Crippen LogP contribution in [0.25, 0.3) is 44.3 Å². The van der Waals surface area contributed by atoms with Gasteiger partial charge >= 0.3 is 0 Å². The lowest BCUT2D eigenvalue weighted by Crippen LogP contribution is -1.89. The molecule has 0 fully saturated rings. The van der Waals surface area contributed by atoms with Crippen molar-refractivity contribution in [1.29, 1.82) is 0 Å². The molecule has 0 bridgehead atoms. The van der Waals surface area contributed by atoms with Crippen molar-refractivity contribution in [3.8, 4) is 33.5 Å². The molecule has 0 spiro atoms. The van der Waals surface area contributed by atoms with E-state index in [9.17, 15) is 0 Å². The van der Waals surface area contributed by atoms with Crippen molar-refractivity contribution >= 4 is 10.8 Å². The maximum Gasteiger partial charge on any atom is 0.0708 e. The van der Waals surface area contributed by atoms with Crippen molar-refractivity contribution in [2.45, 2.75) is 0 Å². The van der Waals surface area contributed by atoms with Gasteiger partial charge in [-0.3, -0.25) is 9.97 Å². The summed E-state index contributed by atoms with van der Waals surface area (Å²) in [6, 6.07) is 31.5. The fourth-order valence-electron chi connectivity index (χ4n) is 3.58. The molecule has 5 rings (SSSR count). The minimum atomic E-state index is 0.978. The SMILES string of the molecule is c1ccc(-c2ccncc2-c2cccc(-c3cc4ccccc4cn3)c2)cc1. The molecular formula is C26H18N2. The summed E-state index contributed by atoms with van der Waals surface area (Å²) in [5.41, 5.74) is 6.71. The van der Waals surface area contributed by atoms with Crippen LogP contribution in [0.1, 0.15) is 0 Å². The van der Waals surface area contributed by atoms with Crippen molar-refractivity contribution < 1.29 is 0 Å². The first-order valence-corrected chi connectivity index (χ1v) is 9.33. The molecule has 0 aliphatic heterocycles. The van der Waals surface area contributed by atoms with E-state index in [4.69, 9.17) is 0 Å². The van der Waals surface area contributed by atoms with Gasteiger partial charge in [0.25, 0.3) is 0 Å². The molecule has 0 radical (unpaired) electrons. The molecule has 28 heavy (non-hydrogen) atoms. The molecule has 3 aromatic carbocycles. The lowest BCUT2D eigenvalue weighted by Gasteiger charge is -2.11. The predicted molar refractivity (Wildman–Crippen MR) is 116 cm³/mol. The number of hydrogen-bond donors (Lipinski definition) is 0. The summed E-state index contributed by atoms with van der Waals surface area (Å²) in [6.07, 6.45) is 5.73. The van der Waals surface area contributed by atoms with Crippen LogP contribution >= 0.6 is 0 Å². The maximum absolute atomic E-state index is 4.68. The molecule has 2 aromatic heterocycles. The average Bonchev–Trinajstić information content (AvgIpc) is 2.79. The lowest BCUT2D eigenvalue weighted by atomic mass is 9.95. The van der Waals surface area contributed by atoms with Crippen molar-refractivity contribution in [3.63, 3.8) is 0 Å². The molecule has 5 aromatic rings. The molecule has 2 heterocycles. The summed E-state index contributed by atoms with van der Waals surface area (Å²) in [4.78, 5) is 9.05. The van der Waals surface area contributed by atoms with Gasteiger partial charge < -0.3 is 0 Å². The van der Waals surface area contributed by atoms with Crippen molar-refractivity contribution in [2.24, 2.45) is 0 Å². The highest BCUT2D eigenvalue weighted by Gasteiger charge is 2.09. The highest BCUT2D eigenvalue weighted by atomic mass is 14.7. The number of hydrogen-bond acceptors (Lipinski definition) is 2. The van der Waals surface area contributed by atoms with Crippen LogP contribution in [0.3, 0.4) is 0 Å². The topological polar surface area (TPSA) is 25.8 Å². The van der Waals surface area contributed by atoms with Crippen molar-refractivity contribution in [3.05, 3.63) is 110 Å². The molecule has 0 saturated heterocycles. The number of aromatic nitrogens is 2. The van der Waals surface area contributed by atoms with E-state index in [1.165, 1.54) is 16.5 Å². The molecule has 2 heteroatoms. The summed E-state index contributed by atoms with van der Waals surface area (Å²) in [7, 11) is 0. The van der Waals surface area contributed by atoms with Gasteiger partial charge in [0.2, 0.25) is 0 Å². The highest BCUT2D eigenvalue weighted by molar-refractivity contribution is 5.87. The minimum Gasteiger partial charge on any atom is -0.264 e. The van der Waals surface area contributed by atoms with E-state index in [0.29, 0.717) is 0 Å². The molecule has 0 N–H and O–H groups in total. The van der Waals surface area contributed by atoms with Gasteiger partial charge in [-0.2, -0.15) is 0 Å². The third-order valence-electron chi connectivity index (χ3n) is 5.01. The van der Waals surface area contributed by atoms with E-state index < -0.39 is 0 Å². The van der Waals surface area contributed by atoms with E-state index >= 15 is 0 Å². The first kappa shape index (κ1) is 16.4. The quantitative estimate of drug-likeness (QED) is 0.362. The van der Waals surface area contributed by atoms with Crippen LogP contribution < -0.4 is 0 Å². The molecule has 0 aliphatic carbocycles. The Kier molecular flexibility index (Phi) is 4.15. The van der Waals surface area contributed by atoms with Gasteiger partial charge in [0, 0.05) is 35.1 Å². The maximum atomic E-state index is 4.68. The Bertz CT molecular complexity index is 1260. The van der Waals surface area contributed by atoms with Crippen molar-refractivity contribution in [2.75, 3.05) is 0 Å². The Morgan fingerprint density at radius 2 is 1.25 bits per heavy atom. The van der Waals surface area contributed by atoms with E-state index in [1.54, 1.807) is 0 Å². The zero-order valence-electron chi connectivity index (χ0n) is 15.3. The second-order valence-corrected chi connectivity index (χ2v) is 6.78. The van der Waals surface area contributed by atoms with Crippen LogP contribution in [0.4, 0.5) is 0 Å². The van der Waals surface area contributed by atoms with Crippen LogP contribution in [-0.2, 0) is 0 Å². The number of fused-ring (bicyclic) bond motifs is 1. The highest BCUT2D eigenvalue weighted by Crippen LogP contribution is 2.33. The summed E-state index contributed by atoms with van der Waals surface area (Å²) < 4.78 is 0. The van der Waals surface area contributed by atoms with Crippen LogP contribution in [0.2, 0.25) is 0 Å². The van der Waals surface area contributed by atoms with E-state index in [1.807, 2.05) is 30.7 Å². The lowest BCUT2D eigenvalue weighted by molar-refractivity contribution is 1.32.